The number of carbonyl (C=O) groups excluding carboxylic acids is 1. The molecular weight excluding hydrogens is 356 g/mol. The fraction of sp³-hybridized carbons (Fsp3) is 0.727. The Kier molecular flexibility index (Phi) is 10.5. The van der Waals surface area contributed by atoms with Crippen molar-refractivity contribution in [2.24, 2.45) is 11.8 Å². The van der Waals surface area contributed by atoms with Crippen LogP contribution in [0.15, 0.2) is 12.3 Å². The zero-order chi connectivity index (χ0) is 21.2. The minimum atomic E-state index is -0.836. The van der Waals surface area contributed by atoms with Crippen molar-refractivity contribution in [3.63, 3.8) is 0 Å². The van der Waals surface area contributed by atoms with E-state index in [0.717, 1.165) is 5.56 Å². The zero-order valence-electron chi connectivity index (χ0n) is 18.6. The van der Waals surface area contributed by atoms with Crippen LogP contribution in [0.1, 0.15) is 59.9 Å². The molecule has 0 aromatic carbocycles. The highest BCUT2D eigenvalue weighted by Gasteiger charge is 2.40. The number of hydrogen-bond donors (Lipinski definition) is 1. The molecule has 1 heterocycles. The second-order valence-electron chi connectivity index (χ2n) is 7.97. The Labute approximate surface area is 170 Å². The van der Waals surface area contributed by atoms with E-state index >= 15 is 0 Å². The maximum Gasteiger partial charge on any atom is 0.256 e. The molecule has 0 radical (unpaired) electrons. The van der Waals surface area contributed by atoms with Gasteiger partial charge in [-0.05, 0) is 51.5 Å². The lowest BCUT2D eigenvalue weighted by molar-refractivity contribution is -0.146. The molecule has 1 aromatic rings. The van der Waals surface area contributed by atoms with Crippen molar-refractivity contribution in [1.29, 1.82) is 0 Å². The minimum absolute atomic E-state index is 0.108. The van der Waals surface area contributed by atoms with Gasteiger partial charge in [0.25, 0.3) is 5.91 Å². The summed E-state index contributed by atoms with van der Waals surface area (Å²) in [7, 11) is 0. The zero-order valence-corrected chi connectivity index (χ0v) is 18.6. The third-order valence-corrected chi connectivity index (χ3v) is 4.27. The monoisotopic (exact) mass is 394 g/mol. The van der Waals surface area contributed by atoms with E-state index < -0.39 is 5.60 Å². The van der Waals surface area contributed by atoms with E-state index in [1.807, 2.05) is 26.8 Å². The summed E-state index contributed by atoms with van der Waals surface area (Å²) >= 11 is 0. The Hall–Kier alpha value is -1.66. The molecule has 1 amide bonds. The molecule has 0 atom stereocenters. The van der Waals surface area contributed by atoms with Crippen LogP contribution in [-0.2, 0) is 14.3 Å². The van der Waals surface area contributed by atoms with Crippen molar-refractivity contribution >= 4 is 11.6 Å². The molecule has 0 saturated carbocycles. The van der Waals surface area contributed by atoms with Crippen molar-refractivity contribution in [1.82, 2.24) is 4.98 Å². The predicted molar refractivity (Wildman–Crippen MR) is 113 cm³/mol. The molecule has 0 aliphatic heterocycles. The molecule has 6 heteroatoms. The van der Waals surface area contributed by atoms with Crippen molar-refractivity contribution < 1.29 is 19.0 Å². The molecule has 160 valence electrons. The Morgan fingerprint density at radius 1 is 1.11 bits per heavy atom. The van der Waals surface area contributed by atoms with Gasteiger partial charge in [0.2, 0.25) is 5.88 Å². The van der Waals surface area contributed by atoms with Crippen LogP contribution in [0.4, 0.5) is 5.69 Å². The van der Waals surface area contributed by atoms with Crippen molar-refractivity contribution in [3.05, 3.63) is 17.8 Å². The number of rotatable bonds is 13. The van der Waals surface area contributed by atoms with Crippen molar-refractivity contribution in [2.75, 3.05) is 31.7 Å². The Balaban J connectivity index is 2.92. The first-order valence-corrected chi connectivity index (χ1v) is 10.4. The molecule has 28 heavy (non-hydrogen) atoms. The molecule has 0 unspecified atom stereocenters. The average molecular weight is 395 g/mol. The molecule has 0 bridgehead atoms. The number of ether oxygens (including phenoxy) is 3. The largest absolute Gasteiger partial charge is 0.475 e. The van der Waals surface area contributed by atoms with Gasteiger partial charge in [-0.1, -0.05) is 27.7 Å². The highest BCUT2D eigenvalue weighted by atomic mass is 16.5. The number of hydrogen-bond acceptors (Lipinski definition) is 5. The number of amides is 1. The molecule has 6 nitrogen and oxygen atoms in total. The number of nitrogens with zero attached hydrogens (tertiary/aromatic N) is 1. The van der Waals surface area contributed by atoms with Gasteiger partial charge in [-0.25, -0.2) is 4.98 Å². The van der Waals surface area contributed by atoms with E-state index in [9.17, 15) is 4.79 Å². The van der Waals surface area contributed by atoms with Gasteiger partial charge in [0.15, 0.2) is 0 Å². The van der Waals surface area contributed by atoms with Crippen LogP contribution >= 0.6 is 0 Å². The molecule has 0 fully saturated rings. The lowest BCUT2D eigenvalue weighted by Crippen LogP contribution is -2.47. The van der Waals surface area contributed by atoms with E-state index in [1.54, 1.807) is 6.20 Å². The number of nitrogens with one attached hydrogen (secondary N) is 1. The number of pyridine rings is 1. The lowest BCUT2D eigenvalue weighted by Gasteiger charge is -2.35. The van der Waals surface area contributed by atoms with Crippen LogP contribution < -0.4 is 10.1 Å². The first kappa shape index (κ1) is 24.4. The maximum absolute atomic E-state index is 13.2. The smallest absolute Gasteiger partial charge is 0.256 e. The second kappa shape index (κ2) is 12.0. The number of carbonyl (C=O) groups is 1. The van der Waals surface area contributed by atoms with Crippen molar-refractivity contribution in [2.45, 2.75) is 66.9 Å². The molecule has 1 N–H and O–H groups in total. The molecule has 1 aromatic heterocycles. The maximum atomic E-state index is 13.2. The summed E-state index contributed by atoms with van der Waals surface area (Å²) < 4.78 is 17.0. The fourth-order valence-corrected chi connectivity index (χ4v) is 3.42. The minimum Gasteiger partial charge on any atom is -0.475 e. The SMILES string of the molecule is CCOCCOc1ncc(NC(=O)C(CC(C)C)(CC(C)C)OCC)cc1C. The van der Waals surface area contributed by atoms with Crippen LogP contribution in [0.2, 0.25) is 0 Å². The quantitative estimate of drug-likeness (QED) is 0.495. The molecule has 1 rings (SSSR count). The Morgan fingerprint density at radius 3 is 2.25 bits per heavy atom. The van der Waals surface area contributed by atoms with Crippen molar-refractivity contribution in [3.8, 4) is 5.88 Å². The third kappa shape index (κ3) is 7.76. The van der Waals surface area contributed by atoms with Gasteiger partial charge in [0.05, 0.1) is 18.5 Å². The van der Waals surface area contributed by atoms with Gasteiger partial charge < -0.3 is 19.5 Å². The Morgan fingerprint density at radius 2 is 1.75 bits per heavy atom. The molecule has 0 aliphatic carbocycles. The summed E-state index contributed by atoms with van der Waals surface area (Å²) in [6, 6.07) is 1.88. The molecule has 0 saturated heterocycles. The fourth-order valence-electron chi connectivity index (χ4n) is 3.42. The van der Waals surface area contributed by atoms with Crippen LogP contribution in [0.3, 0.4) is 0 Å². The van der Waals surface area contributed by atoms with Crippen LogP contribution in [0.5, 0.6) is 5.88 Å². The highest BCUT2D eigenvalue weighted by molar-refractivity contribution is 5.97. The van der Waals surface area contributed by atoms with Gasteiger partial charge in [0, 0.05) is 18.8 Å². The van der Waals surface area contributed by atoms with Gasteiger partial charge in [-0.2, -0.15) is 0 Å². The topological polar surface area (TPSA) is 69.7 Å². The number of anilines is 1. The van der Waals surface area contributed by atoms with Crippen LogP contribution in [0.25, 0.3) is 0 Å². The third-order valence-electron chi connectivity index (χ3n) is 4.27. The summed E-state index contributed by atoms with van der Waals surface area (Å²) in [4.78, 5) is 17.6. The lowest BCUT2D eigenvalue weighted by atomic mass is 9.83. The highest BCUT2D eigenvalue weighted by Crippen LogP contribution is 2.31. The summed E-state index contributed by atoms with van der Waals surface area (Å²) in [6.07, 6.45) is 2.98. The van der Waals surface area contributed by atoms with Crippen LogP contribution in [-0.4, -0.2) is 42.9 Å². The number of aryl methyl sites for hydroxylation is 1. The summed E-state index contributed by atoms with van der Waals surface area (Å²) in [5, 5.41) is 3.02. The van der Waals surface area contributed by atoms with E-state index in [2.05, 4.69) is 38.0 Å². The average Bonchev–Trinajstić information content (AvgIpc) is 2.59. The summed E-state index contributed by atoms with van der Waals surface area (Å²) in [6.45, 7) is 16.4. The summed E-state index contributed by atoms with van der Waals surface area (Å²) in [5.74, 6) is 1.13. The first-order chi connectivity index (χ1) is 13.2. The van der Waals surface area contributed by atoms with E-state index in [0.29, 0.717) is 62.7 Å². The van der Waals surface area contributed by atoms with Gasteiger partial charge in [-0.15, -0.1) is 0 Å². The van der Waals surface area contributed by atoms with Gasteiger partial charge in [0.1, 0.15) is 12.2 Å². The van der Waals surface area contributed by atoms with E-state index in [-0.39, 0.29) is 5.91 Å². The van der Waals surface area contributed by atoms with E-state index in [1.165, 1.54) is 0 Å². The predicted octanol–water partition coefficient (Wildman–Crippen LogP) is 4.61. The number of aromatic nitrogens is 1. The van der Waals surface area contributed by atoms with Gasteiger partial charge >= 0.3 is 0 Å². The Bertz CT molecular complexity index is 592. The molecule has 0 spiro atoms. The summed E-state index contributed by atoms with van der Waals surface area (Å²) in [5.41, 5.74) is 0.678. The molecular formula is C22H38N2O4. The normalized spacial score (nSPS) is 11.9. The van der Waals surface area contributed by atoms with E-state index in [4.69, 9.17) is 14.2 Å². The van der Waals surface area contributed by atoms with Gasteiger partial charge in [-0.3, -0.25) is 4.79 Å². The standard InChI is InChI=1S/C22H38N2O4/c1-8-26-10-11-27-20-18(7)12-19(15-23-20)24-21(25)22(28-9-2,13-16(3)4)14-17(5)6/h12,15-17H,8-11,13-14H2,1-7H3,(H,24,25). The second-order valence-corrected chi connectivity index (χ2v) is 7.97. The molecule has 0 aliphatic rings. The first-order valence-electron chi connectivity index (χ1n) is 10.4. The van der Waals surface area contributed by atoms with Crippen LogP contribution in [0, 0.1) is 18.8 Å².